The summed E-state index contributed by atoms with van der Waals surface area (Å²) >= 11 is 15.5. The molecule has 16 heavy (non-hydrogen) atoms. The van der Waals surface area contributed by atoms with E-state index in [1.807, 2.05) is 10.5 Å². The van der Waals surface area contributed by atoms with Gasteiger partial charge in [-0.3, -0.25) is 4.40 Å². The lowest BCUT2D eigenvalue weighted by molar-refractivity contribution is 1.18. The molecule has 0 atom stereocenters. The van der Waals surface area contributed by atoms with Crippen molar-refractivity contribution in [2.75, 3.05) is 0 Å². The van der Waals surface area contributed by atoms with Gasteiger partial charge in [-0.05, 0) is 28.1 Å². The van der Waals surface area contributed by atoms with Gasteiger partial charge in [-0.25, -0.2) is 9.97 Å². The zero-order valence-corrected chi connectivity index (χ0v) is 10.9. The third-order valence-electron chi connectivity index (χ3n) is 2.31. The van der Waals surface area contributed by atoms with Gasteiger partial charge < -0.3 is 0 Å². The van der Waals surface area contributed by atoms with Crippen LogP contribution in [0.1, 0.15) is 0 Å². The van der Waals surface area contributed by atoms with E-state index in [9.17, 15) is 0 Å². The molecule has 0 aliphatic heterocycles. The lowest BCUT2D eigenvalue weighted by Crippen LogP contribution is -1.92. The molecule has 80 valence electrons. The fourth-order valence-corrected chi connectivity index (χ4v) is 2.54. The van der Waals surface area contributed by atoms with Crippen LogP contribution in [0.4, 0.5) is 0 Å². The van der Waals surface area contributed by atoms with Crippen LogP contribution < -0.4 is 0 Å². The summed E-state index contributed by atoms with van der Waals surface area (Å²) in [7, 11) is 0. The molecular weight excluding hydrogens is 313 g/mol. The maximum atomic E-state index is 6.12. The van der Waals surface area contributed by atoms with Crippen molar-refractivity contribution >= 4 is 55.8 Å². The third kappa shape index (κ3) is 1.41. The van der Waals surface area contributed by atoms with E-state index >= 15 is 0 Å². The Balaban J connectivity index is 2.61. The first-order valence-corrected chi connectivity index (χ1v) is 5.98. The van der Waals surface area contributed by atoms with Crippen molar-refractivity contribution in [1.29, 1.82) is 0 Å². The summed E-state index contributed by atoms with van der Waals surface area (Å²) in [4.78, 5) is 8.43. The molecule has 3 aromatic heterocycles. The molecule has 3 rings (SSSR count). The van der Waals surface area contributed by atoms with E-state index in [1.54, 1.807) is 18.5 Å². The molecule has 3 aromatic rings. The largest absolute Gasteiger partial charge is 0.294 e. The van der Waals surface area contributed by atoms with Gasteiger partial charge in [0.05, 0.1) is 22.3 Å². The van der Waals surface area contributed by atoms with E-state index in [0.29, 0.717) is 15.8 Å². The van der Waals surface area contributed by atoms with Gasteiger partial charge >= 0.3 is 0 Å². The zero-order valence-electron chi connectivity index (χ0n) is 7.78. The molecule has 3 heterocycles. The van der Waals surface area contributed by atoms with Crippen LogP contribution in [-0.2, 0) is 0 Å². The molecule has 0 aliphatic carbocycles. The standard InChI is InChI=1S/C10H4BrCl2N3/c11-5-1-7-10(14-3-5)15-4-8-6(12)2-9(13)16(7)8/h1-4H. The van der Waals surface area contributed by atoms with Crippen LogP contribution in [0.15, 0.2) is 29.0 Å². The summed E-state index contributed by atoms with van der Waals surface area (Å²) in [6.07, 6.45) is 3.36. The highest BCUT2D eigenvalue weighted by molar-refractivity contribution is 9.10. The van der Waals surface area contributed by atoms with Crippen LogP contribution in [0.2, 0.25) is 10.2 Å². The van der Waals surface area contributed by atoms with Gasteiger partial charge in [-0.15, -0.1) is 0 Å². The first-order valence-electron chi connectivity index (χ1n) is 4.43. The second-order valence-electron chi connectivity index (χ2n) is 3.29. The molecule has 0 amide bonds. The predicted molar refractivity (Wildman–Crippen MR) is 68.2 cm³/mol. The first-order chi connectivity index (χ1) is 7.66. The highest BCUT2D eigenvalue weighted by atomic mass is 79.9. The molecule has 0 spiro atoms. The van der Waals surface area contributed by atoms with Gasteiger partial charge in [0.25, 0.3) is 0 Å². The van der Waals surface area contributed by atoms with E-state index in [4.69, 9.17) is 23.2 Å². The summed E-state index contributed by atoms with van der Waals surface area (Å²) in [5.74, 6) is 0. The number of nitrogens with zero attached hydrogens (tertiary/aromatic N) is 3. The van der Waals surface area contributed by atoms with Gasteiger partial charge in [0, 0.05) is 10.7 Å². The summed E-state index contributed by atoms with van der Waals surface area (Å²) in [6.45, 7) is 0. The summed E-state index contributed by atoms with van der Waals surface area (Å²) in [5, 5.41) is 1.13. The number of aromatic nitrogens is 3. The van der Waals surface area contributed by atoms with E-state index in [1.165, 1.54) is 0 Å². The summed E-state index contributed by atoms with van der Waals surface area (Å²) < 4.78 is 2.69. The van der Waals surface area contributed by atoms with E-state index in [-0.39, 0.29) is 0 Å². The van der Waals surface area contributed by atoms with E-state index in [0.717, 1.165) is 15.5 Å². The Labute approximate surface area is 109 Å². The van der Waals surface area contributed by atoms with Crippen molar-refractivity contribution in [3.05, 3.63) is 39.2 Å². The van der Waals surface area contributed by atoms with Crippen LogP contribution in [0.5, 0.6) is 0 Å². The maximum Gasteiger partial charge on any atom is 0.176 e. The molecule has 3 nitrogen and oxygen atoms in total. The Kier molecular flexibility index (Phi) is 2.31. The van der Waals surface area contributed by atoms with Crippen molar-refractivity contribution < 1.29 is 0 Å². The number of hydrogen-bond acceptors (Lipinski definition) is 2. The molecule has 0 unspecified atom stereocenters. The Bertz CT molecular complexity index is 708. The Morgan fingerprint density at radius 3 is 2.62 bits per heavy atom. The van der Waals surface area contributed by atoms with Crippen molar-refractivity contribution in [2.45, 2.75) is 0 Å². The van der Waals surface area contributed by atoms with Crippen molar-refractivity contribution in [1.82, 2.24) is 14.4 Å². The third-order valence-corrected chi connectivity index (χ3v) is 3.32. The second kappa shape index (κ2) is 3.58. The van der Waals surface area contributed by atoms with Gasteiger partial charge in [0.15, 0.2) is 5.65 Å². The molecule has 0 bridgehead atoms. The molecule has 0 N–H and O–H groups in total. The molecule has 0 radical (unpaired) electrons. The van der Waals surface area contributed by atoms with Gasteiger partial charge in [0.1, 0.15) is 5.15 Å². The maximum absolute atomic E-state index is 6.12. The number of hydrogen-bond donors (Lipinski definition) is 0. The van der Waals surface area contributed by atoms with Gasteiger partial charge in [-0.2, -0.15) is 0 Å². The number of rotatable bonds is 0. The van der Waals surface area contributed by atoms with Crippen molar-refractivity contribution in [2.24, 2.45) is 0 Å². The molecule has 0 aromatic carbocycles. The smallest absolute Gasteiger partial charge is 0.176 e. The van der Waals surface area contributed by atoms with Crippen LogP contribution in [-0.4, -0.2) is 14.4 Å². The van der Waals surface area contributed by atoms with Crippen molar-refractivity contribution in [3.63, 3.8) is 0 Å². The first kappa shape index (κ1) is 10.3. The predicted octanol–water partition coefficient (Wildman–Crippen LogP) is 3.95. The van der Waals surface area contributed by atoms with Crippen molar-refractivity contribution in [3.8, 4) is 0 Å². The Hall–Kier alpha value is -0.840. The average Bonchev–Trinajstić information content (AvgIpc) is 2.54. The minimum atomic E-state index is 0.548. The second-order valence-corrected chi connectivity index (χ2v) is 5.00. The number of pyridine rings is 1. The van der Waals surface area contributed by atoms with Gasteiger partial charge in [-0.1, -0.05) is 23.2 Å². The SMILES string of the molecule is Clc1cc(Cl)n2c1cnc1ncc(Br)cc12. The van der Waals surface area contributed by atoms with Crippen LogP contribution in [0, 0.1) is 0 Å². The van der Waals surface area contributed by atoms with E-state index in [2.05, 4.69) is 25.9 Å². The molecule has 6 heteroatoms. The molecule has 0 saturated heterocycles. The van der Waals surface area contributed by atoms with E-state index < -0.39 is 0 Å². The highest BCUT2D eigenvalue weighted by Gasteiger charge is 2.10. The fraction of sp³-hybridized carbons (Fsp3) is 0. The summed E-state index contributed by atoms with van der Waals surface area (Å²) in [6, 6.07) is 3.60. The highest BCUT2D eigenvalue weighted by Crippen LogP contribution is 2.28. The normalized spacial score (nSPS) is 11.4. The molecular formula is C10H4BrCl2N3. The molecule has 0 aliphatic rings. The van der Waals surface area contributed by atoms with Gasteiger partial charge in [0.2, 0.25) is 0 Å². The number of fused-ring (bicyclic) bond motifs is 3. The minimum Gasteiger partial charge on any atom is -0.294 e. The van der Waals surface area contributed by atoms with Crippen LogP contribution in [0.25, 0.3) is 16.7 Å². The molecule has 0 saturated carbocycles. The quantitative estimate of drug-likeness (QED) is 0.628. The Morgan fingerprint density at radius 2 is 1.81 bits per heavy atom. The number of halogens is 3. The van der Waals surface area contributed by atoms with Crippen LogP contribution >= 0.6 is 39.1 Å². The zero-order chi connectivity index (χ0) is 11.3. The lowest BCUT2D eigenvalue weighted by atomic mass is 10.4. The topological polar surface area (TPSA) is 30.2 Å². The minimum absolute atomic E-state index is 0.548. The van der Waals surface area contributed by atoms with Crippen LogP contribution in [0.3, 0.4) is 0 Å². The molecule has 0 fully saturated rings. The monoisotopic (exact) mass is 315 g/mol. The fourth-order valence-electron chi connectivity index (χ4n) is 1.64. The lowest BCUT2D eigenvalue weighted by Gasteiger charge is -2.02. The average molecular weight is 317 g/mol. The summed E-state index contributed by atoms with van der Waals surface area (Å²) in [5.41, 5.74) is 2.23. The Morgan fingerprint density at radius 1 is 1.06 bits per heavy atom.